The minimum absolute atomic E-state index is 0.0885. The van der Waals surface area contributed by atoms with Gasteiger partial charge in [0.25, 0.3) is 5.91 Å². The molecule has 0 fully saturated rings. The van der Waals surface area contributed by atoms with Crippen LogP contribution in [0.5, 0.6) is 0 Å². The summed E-state index contributed by atoms with van der Waals surface area (Å²) < 4.78 is 16.7. The van der Waals surface area contributed by atoms with Crippen molar-refractivity contribution in [3.05, 3.63) is 12.2 Å². The molecule has 3 unspecified atom stereocenters. The van der Waals surface area contributed by atoms with Crippen LogP contribution in [0.15, 0.2) is 12.2 Å². The van der Waals surface area contributed by atoms with Gasteiger partial charge in [0.1, 0.15) is 18.3 Å². The van der Waals surface area contributed by atoms with Crippen molar-refractivity contribution in [1.82, 2.24) is 5.32 Å². The molecule has 0 aliphatic rings. The molecule has 7 heteroatoms. The molecular formula is C27H49NO6. The lowest BCUT2D eigenvalue weighted by atomic mass is 10.0. The zero-order chi connectivity index (χ0) is 26.0. The molecule has 1 N–H and O–H groups in total. The fraction of sp³-hybridized carbons (Fsp3) is 0.815. The van der Waals surface area contributed by atoms with Gasteiger partial charge in [-0.3, -0.25) is 9.59 Å². The van der Waals surface area contributed by atoms with Gasteiger partial charge in [-0.15, -0.1) is 0 Å². The fourth-order valence-corrected chi connectivity index (χ4v) is 3.30. The number of nitrogens with one attached hydrogen (secondary N) is 1. The number of Topliss-reactive ketones (excluding diaryl/α,β-unsaturated/α-hetero) is 1. The molecule has 0 aliphatic carbocycles. The van der Waals surface area contributed by atoms with Crippen LogP contribution >= 0.6 is 0 Å². The molecular weight excluding hydrogens is 434 g/mol. The molecule has 0 saturated carbocycles. The molecule has 0 radical (unpaired) electrons. The molecule has 1 amide bonds. The lowest BCUT2D eigenvalue weighted by Gasteiger charge is -2.27. The molecule has 0 heterocycles. The van der Waals surface area contributed by atoms with E-state index >= 15 is 0 Å². The maximum atomic E-state index is 12.5. The Morgan fingerprint density at radius 3 is 2.32 bits per heavy atom. The van der Waals surface area contributed by atoms with E-state index in [0.29, 0.717) is 37.5 Å². The van der Waals surface area contributed by atoms with Crippen molar-refractivity contribution in [2.45, 2.75) is 111 Å². The number of carbonyl (C=O) groups excluding carboxylic acids is 3. The molecule has 0 saturated heterocycles. The van der Waals surface area contributed by atoms with Crippen LogP contribution < -0.4 is 5.32 Å². The molecule has 198 valence electrons. The van der Waals surface area contributed by atoms with Gasteiger partial charge in [0.2, 0.25) is 0 Å². The van der Waals surface area contributed by atoms with Crippen molar-refractivity contribution in [1.29, 1.82) is 0 Å². The summed E-state index contributed by atoms with van der Waals surface area (Å²) in [6.45, 7) is 16.4. The zero-order valence-electron chi connectivity index (χ0n) is 22.5. The first kappa shape index (κ1) is 32.3. The summed E-state index contributed by atoms with van der Waals surface area (Å²) in [4.78, 5) is 36.2. The third-order valence-corrected chi connectivity index (χ3v) is 6.19. The SMILES string of the molecule is C=C(C)C(=O)OCCNC(=O)C(C)(CC)OCCCCCC(=O)C(C)OCC(CC)CCCC. The maximum absolute atomic E-state index is 12.5. The van der Waals surface area contributed by atoms with Crippen LogP contribution in [0.4, 0.5) is 0 Å². The van der Waals surface area contributed by atoms with Gasteiger partial charge in [0.15, 0.2) is 5.78 Å². The third kappa shape index (κ3) is 13.9. The van der Waals surface area contributed by atoms with E-state index < -0.39 is 11.6 Å². The van der Waals surface area contributed by atoms with Crippen LogP contribution in [-0.2, 0) is 28.6 Å². The van der Waals surface area contributed by atoms with E-state index in [1.165, 1.54) is 12.8 Å². The summed E-state index contributed by atoms with van der Waals surface area (Å²) >= 11 is 0. The van der Waals surface area contributed by atoms with E-state index in [-0.39, 0.29) is 30.9 Å². The van der Waals surface area contributed by atoms with Crippen molar-refractivity contribution in [2.75, 3.05) is 26.4 Å². The number of esters is 1. The first-order chi connectivity index (χ1) is 16.1. The number of unbranched alkanes of at least 4 members (excludes halogenated alkanes) is 3. The Labute approximate surface area is 207 Å². The highest BCUT2D eigenvalue weighted by molar-refractivity contribution is 5.87. The molecule has 0 aromatic heterocycles. The minimum atomic E-state index is -0.940. The second-order valence-electron chi connectivity index (χ2n) is 9.27. The number of ketones is 1. The Hall–Kier alpha value is -1.73. The summed E-state index contributed by atoms with van der Waals surface area (Å²) in [5.41, 5.74) is -0.617. The Bertz CT molecular complexity index is 620. The predicted molar refractivity (Wildman–Crippen MR) is 136 cm³/mol. The van der Waals surface area contributed by atoms with Crippen LogP contribution in [0.2, 0.25) is 0 Å². The highest BCUT2D eigenvalue weighted by Gasteiger charge is 2.31. The first-order valence-corrected chi connectivity index (χ1v) is 13.0. The maximum Gasteiger partial charge on any atom is 0.333 e. The van der Waals surface area contributed by atoms with Gasteiger partial charge < -0.3 is 19.5 Å². The summed E-state index contributed by atoms with van der Waals surface area (Å²) in [5.74, 6) is -0.0210. The molecule has 0 aromatic carbocycles. The Morgan fingerprint density at radius 2 is 1.74 bits per heavy atom. The fourth-order valence-electron chi connectivity index (χ4n) is 3.30. The topological polar surface area (TPSA) is 90.9 Å². The summed E-state index contributed by atoms with van der Waals surface area (Å²) in [6.07, 6.45) is 7.71. The van der Waals surface area contributed by atoms with Crippen LogP contribution in [0.3, 0.4) is 0 Å². The van der Waals surface area contributed by atoms with Crippen molar-refractivity contribution in [2.24, 2.45) is 5.92 Å². The first-order valence-electron chi connectivity index (χ1n) is 13.0. The van der Waals surface area contributed by atoms with Gasteiger partial charge in [-0.05, 0) is 52.4 Å². The van der Waals surface area contributed by atoms with Crippen LogP contribution in [-0.4, -0.2) is 55.7 Å². The average molecular weight is 484 g/mol. The molecule has 7 nitrogen and oxygen atoms in total. The molecule has 0 aliphatic heterocycles. The van der Waals surface area contributed by atoms with Gasteiger partial charge in [-0.2, -0.15) is 0 Å². The number of ether oxygens (including phenoxy) is 3. The lowest BCUT2D eigenvalue weighted by molar-refractivity contribution is -0.147. The molecule has 0 aromatic rings. The average Bonchev–Trinajstić information content (AvgIpc) is 2.82. The second-order valence-corrected chi connectivity index (χ2v) is 9.27. The van der Waals surface area contributed by atoms with Crippen molar-refractivity contribution >= 4 is 17.7 Å². The minimum Gasteiger partial charge on any atom is -0.460 e. The van der Waals surface area contributed by atoms with Crippen molar-refractivity contribution < 1.29 is 28.6 Å². The van der Waals surface area contributed by atoms with Crippen LogP contribution in [0, 0.1) is 5.92 Å². The Morgan fingerprint density at radius 1 is 1.03 bits per heavy atom. The van der Waals surface area contributed by atoms with Crippen LogP contribution in [0.25, 0.3) is 0 Å². The molecule has 0 bridgehead atoms. The summed E-state index contributed by atoms with van der Waals surface area (Å²) in [6, 6.07) is 0. The van der Waals surface area contributed by atoms with Crippen molar-refractivity contribution in [3.63, 3.8) is 0 Å². The molecule has 3 atom stereocenters. The Balaban J connectivity index is 4.10. The molecule has 34 heavy (non-hydrogen) atoms. The third-order valence-electron chi connectivity index (χ3n) is 6.19. The molecule has 0 spiro atoms. The number of amides is 1. The number of hydrogen-bond acceptors (Lipinski definition) is 6. The largest absolute Gasteiger partial charge is 0.460 e. The predicted octanol–water partition coefficient (Wildman–Crippen LogP) is 5.16. The van der Waals surface area contributed by atoms with Gasteiger partial charge in [-0.25, -0.2) is 4.79 Å². The quantitative estimate of drug-likeness (QED) is 0.138. The monoisotopic (exact) mass is 483 g/mol. The second kappa shape index (κ2) is 18.6. The highest BCUT2D eigenvalue weighted by Crippen LogP contribution is 2.17. The van der Waals surface area contributed by atoms with E-state index in [1.54, 1.807) is 13.8 Å². The standard InChI is InChI=1S/C27H49NO6/c1-8-11-15-23(9-2)20-33-22(6)24(29)16-13-12-14-18-34-27(7,10-3)26(31)28-17-19-32-25(30)21(4)5/h22-23H,4,8-20H2,1-3,5-7H3,(H,28,31). The highest BCUT2D eigenvalue weighted by atomic mass is 16.5. The summed E-state index contributed by atoms with van der Waals surface area (Å²) in [5, 5.41) is 2.75. The van der Waals surface area contributed by atoms with Gasteiger partial charge in [0.05, 0.1) is 13.2 Å². The van der Waals surface area contributed by atoms with E-state index in [4.69, 9.17) is 14.2 Å². The number of hydrogen-bond donors (Lipinski definition) is 1. The van der Waals surface area contributed by atoms with Gasteiger partial charge in [-0.1, -0.05) is 53.0 Å². The lowest BCUT2D eigenvalue weighted by Crippen LogP contribution is -2.47. The Kier molecular flexibility index (Phi) is 17.6. The van der Waals surface area contributed by atoms with Gasteiger partial charge in [0, 0.05) is 18.6 Å². The van der Waals surface area contributed by atoms with Gasteiger partial charge >= 0.3 is 5.97 Å². The van der Waals surface area contributed by atoms with Crippen molar-refractivity contribution in [3.8, 4) is 0 Å². The van der Waals surface area contributed by atoms with E-state index in [2.05, 4.69) is 25.7 Å². The molecule has 0 rings (SSSR count). The van der Waals surface area contributed by atoms with E-state index in [9.17, 15) is 14.4 Å². The van der Waals surface area contributed by atoms with E-state index in [1.807, 2.05) is 13.8 Å². The summed E-state index contributed by atoms with van der Waals surface area (Å²) in [7, 11) is 0. The van der Waals surface area contributed by atoms with Crippen LogP contribution in [0.1, 0.15) is 99.3 Å². The number of carbonyl (C=O) groups is 3. The van der Waals surface area contributed by atoms with E-state index in [0.717, 1.165) is 32.1 Å². The smallest absolute Gasteiger partial charge is 0.333 e. The number of rotatable bonds is 21. The zero-order valence-corrected chi connectivity index (χ0v) is 22.5. The normalized spacial score (nSPS) is 14.6.